The van der Waals surface area contributed by atoms with Crippen LogP contribution < -0.4 is 4.74 Å². The van der Waals surface area contributed by atoms with E-state index in [1.165, 1.54) is 26.4 Å². The number of rotatable bonds is 5. The van der Waals surface area contributed by atoms with Gasteiger partial charge in [-0.25, -0.2) is 4.79 Å². The molecule has 1 aromatic heterocycles. The number of likely N-dealkylation sites (tertiary alicyclic amines) is 1. The number of esters is 1. The van der Waals surface area contributed by atoms with Crippen LogP contribution in [0.15, 0.2) is 42.7 Å². The molecular formula is C20H22N2O5. The van der Waals surface area contributed by atoms with Gasteiger partial charge in [0.25, 0.3) is 5.91 Å². The summed E-state index contributed by atoms with van der Waals surface area (Å²) < 4.78 is 9.92. The van der Waals surface area contributed by atoms with Gasteiger partial charge in [0.2, 0.25) is 0 Å². The standard InChI is InChI=1S/C20H22N2O5/c1-26-17-9-14(8-15(10-17)20(25)27-2)19(24)22-11-16(18(23)12-22)7-13-3-5-21-6-4-13/h3-6,8-10,16,18,23H,7,11-12H2,1-2H3/t16-,18+/m1/s1. The lowest BCUT2D eigenvalue weighted by Gasteiger charge is -2.17. The van der Waals surface area contributed by atoms with Crippen molar-refractivity contribution in [3.63, 3.8) is 0 Å². The molecule has 1 aliphatic heterocycles. The zero-order chi connectivity index (χ0) is 19.4. The number of pyridine rings is 1. The number of ether oxygens (including phenoxy) is 2. The largest absolute Gasteiger partial charge is 0.497 e. The first-order valence-electron chi connectivity index (χ1n) is 8.65. The van der Waals surface area contributed by atoms with Crippen molar-refractivity contribution in [2.45, 2.75) is 12.5 Å². The van der Waals surface area contributed by atoms with E-state index in [1.54, 1.807) is 23.4 Å². The molecule has 0 radical (unpaired) electrons. The summed E-state index contributed by atoms with van der Waals surface area (Å²) in [6, 6.07) is 8.40. The monoisotopic (exact) mass is 370 g/mol. The van der Waals surface area contributed by atoms with Crippen molar-refractivity contribution >= 4 is 11.9 Å². The Labute approximate surface area is 157 Å². The molecule has 1 aliphatic rings. The van der Waals surface area contributed by atoms with Gasteiger partial charge in [0.15, 0.2) is 0 Å². The minimum absolute atomic E-state index is 0.0537. The lowest BCUT2D eigenvalue weighted by molar-refractivity contribution is 0.0600. The maximum atomic E-state index is 12.9. The summed E-state index contributed by atoms with van der Waals surface area (Å²) in [5, 5.41) is 10.4. The van der Waals surface area contributed by atoms with Crippen LogP contribution >= 0.6 is 0 Å². The molecule has 7 heteroatoms. The molecule has 1 N–H and O–H groups in total. The number of hydrogen-bond donors (Lipinski definition) is 1. The van der Waals surface area contributed by atoms with Gasteiger partial charge in [0.1, 0.15) is 5.75 Å². The molecule has 2 heterocycles. The Balaban J connectivity index is 1.77. The van der Waals surface area contributed by atoms with Crippen molar-refractivity contribution in [2.75, 3.05) is 27.3 Å². The summed E-state index contributed by atoms with van der Waals surface area (Å²) in [5.74, 6) is -0.452. The molecule has 1 fully saturated rings. The number of aromatic nitrogens is 1. The van der Waals surface area contributed by atoms with Crippen molar-refractivity contribution in [3.05, 3.63) is 59.4 Å². The van der Waals surface area contributed by atoms with Gasteiger partial charge in [0.05, 0.1) is 25.9 Å². The molecule has 1 amide bonds. The van der Waals surface area contributed by atoms with E-state index < -0.39 is 12.1 Å². The van der Waals surface area contributed by atoms with Crippen molar-refractivity contribution < 1.29 is 24.2 Å². The number of hydrogen-bond acceptors (Lipinski definition) is 6. The van der Waals surface area contributed by atoms with E-state index in [4.69, 9.17) is 9.47 Å². The van der Waals surface area contributed by atoms with E-state index in [2.05, 4.69) is 4.98 Å². The van der Waals surface area contributed by atoms with Gasteiger partial charge in [-0.3, -0.25) is 9.78 Å². The summed E-state index contributed by atoms with van der Waals surface area (Å²) >= 11 is 0. The average Bonchev–Trinajstić information content (AvgIpc) is 3.07. The highest BCUT2D eigenvalue weighted by Crippen LogP contribution is 2.25. The Hall–Kier alpha value is -2.93. The van der Waals surface area contributed by atoms with Gasteiger partial charge in [-0.2, -0.15) is 0 Å². The van der Waals surface area contributed by atoms with E-state index in [0.717, 1.165) is 5.56 Å². The van der Waals surface area contributed by atoms with E-state index >= 15 is 0 Å². The average molecular weight is 370 g/mol. The Morgan fingerprint density at radius 2 is 1.85 bits per heavy atom. The minimum atomic E-state index is -0.604. The molecule has 142 valence electrons. The second kappa shape index (κ2) is 8.18. The Kier molecular flexibility index (Phi) is 5.71. The third-order valence-corrected chi connectivity index (χ3v) is 4.75. The van der Waals surface area contributed by atoms with Crippen LogP contribution in [0.4, 0.5) is 0 Å². The van der Waals surface area contributed by atoms with Crippen LogP contribution in [0.5, 0.6) is 5.75 Å². The smallest absolute Gasteiger partial charge is 0.338 e. The van der Waals surface area contributed by atoms with Crippen LogP contribution in [0, 0.1) is 5.92 Å². The maximum absolute atomic E-state index is 12.9. The number of benzene rings is 1. The first-order valence-corrected chi connectivity index (χ1v) is 8.65. The molecule has 7 nitrogen and oxygen atoms in total. The number of carbonyl (C=O) groups is 2. The van der Waals surface area contributed by atoms with Gasteiger partial charge in [-0.05, 0) is 42.3 Å². The first kappa shape index (κ1) is 18.8. The highest BCUT2D eigenvalue weighted by molar-refractivity contribution is 5.98. The van der Waals surface area contributed by atoms with Crippen LogP contribution in [-0.4, -0.2) is 60.3 Å². The van der Waals surface area contributed by atoms with Crippen molar-refractivity contribution in [1.29, 1.82) is 0 Å². The van der Waals surface area contributed by atoms with Crippen LogP contribution in [0.25, 0.3) is 0 Å². The van der Waals surface area contributed by atoms with Gasteiger partial charge in [-0.15, -0.1) is 0 Å². The zero-order valence-corrected chi connectivity index (χ0v) is 15.3. The van der Waals surface area contributed by atoms with Crippen LogP contribution in [-0.2, 0) is 11.2 Å². The highest BCUT2D eigenvalue weighted by Gasteiger charge is 2.34. The fraction of sp³-hybridized carbons (Fsp3) is 0.350. The number of methoxy groups -OCH3 is 2. The van der Waals surface area contributed by atoms with Gasteiger partial charge in [-0.1, -0.05) is 0 Å². The van der Waals surface area contributed by atoms with Crippen LogP contribution in [0.3, 0.4) is 0 Å². The summed E-state index contributed by atoms with van der Waals surface area (Å²) in [5.41, 5.74) is 1.64. The van der Waals surface area contributed by atoms with E-state index in [1.807, 2.05) is 12.1 Å². The summed E-state index contributed by atoms with van der Waals surface area (Å²) in [6.45, 7) is 0.687. The molecular weight excluding hydrogens is 348 g/mol. The fourth-order valence-electron chi connectivity index (χ4n) is 3.30. The van der Waals surface area contributed by atoms with Gasteiger partial charge < -0.3 is 19.5 Å². The predicted molar refractivity (Wildman–Crippen MR) is 97.7 cm³/mol. The molecule has 0 spiro atoms. The molecule has 0 saturated carbocycles. The van der Waals surface area contributed by atoms with E-state index in [0.29, 0.717) is 24.3 Å². The topological polar surface area (TPSA) is 89.0 Å². The highest BCUT2D eigenvalue weighted by atomic mass is 16.5. The second-order valence-electron chi connectivity index (χ2n) is 6.54. The second-order valence-corrected chi connectivity index (χ2v) is 6.54. The molecule has 0 aliphatic carbocycles. The molecule has 2 aromatic rings. The molecule has 27 heavy (non-hydrogen) atoms. The van der Waals surface area contributed by atoms with Crippen molar-refractivity contribution in [2.24, 2.45) is 5.92 Å². The Morgan fingerprint density at radius 1 is 1.15 bits per heavy atom. The zero-order valence-electron chi connectivity index (χ0n) is 15.3. The first-order chi connectivity index (χ1) is 13.0. The summed E-state index contributed by atoms with van der Waals surface area (Å²) in [4.78, 5) is 30.4. The minimum Gasteiger partial charge on any atom is -0.497 e. The van der Waals surface area contributed by atoms with Gasteiger partial charge in [0, 0.05) is 37.0 Å². The third-order valence-electron chi connectivity index (χ3n) is 4.75. The number of amides is 1. The number of aliphatic hydroxyl groups is 1. The third kappa shape index (κ3) is 4.25. The maximum Gasteiger partial charge on any atom is 0.338 e. The predicted octanol–water partition coefficient (Wildman–Crippen LogP) is 1.55. The molecule has 0 bridgehead atoms. The molecule has 3 rings (SSSR count). The van der Waals surface area contributed by atoms with Gasteiger partial charge >= 0.3 is 5.97 Å². The van der Waals surface area contributed by atoms with Crippen LogP contribution in [0.2, 0.25) is 0 Å². The fourth-order valence-corrected chi connectivity index (χ4v) is 3.30. The lowest BCUT2D eigenvalue weighted by atomic mass is 9.97. The summed E-state index contributed by atoms with van der Waals surface area (Å²) in [7, 11) is 2.75. The summed E-state index contributed by atoms with van der Waals surface area (Å²) in [6.07, 6.45) is 3.49. The number of nitrogens with zero attached hydrogens (tertiary/aromatic N) is 2. The van der Waals surface area contributed by atoms with Crippen molar-refractivity contribution in [3.8, 4) is 5.75 Å². The van der Waals surface area contributed by atoms with Crippen molar-refractivity contribution in [1.82, 2.24) is 9.88 Å². The number of aliphatic hydroxyl groups excluding tert-OH is 1. The van der Waals surface area contributed by atoms with E-state index in [-0.39, 0.29) is 23.9 Å². The van der Waals surface area contributed by atoms with E-state index in [9.17, 15) is 14.7 Å². The molecule has 0 unspecified atom stereocenters. The molecule has 1 saturated heterocycles. The Morgan fingerprint density at radius 3 is 2.52 bits per heavy atom. The SMILES string of the molecule is COC(=O)c1cc(OC)cc(C(=O)N2C[C@@H](Cc3ccncc3)[C@@H](O)C2)c1. The molecule has 2 atom stereocenters. The quantitative estimate of drug-likeness (QED) is 0.804. The molecule has 1 aromatic carbocycles. The van der Waals surface area contributed by atoms with Crippen LogP contribution in [0.1, 0.15) is 26.3 Å². The normalized spacial score (nSPS) is 19.0. The number of carbonyl (C=O) groups excluding carboxylic acids is 2. The Bertz CT molecular complexity index is 824. The lowest BCUT2D eigenvalue weighted by Crippen LogP contribution is -2.29. The number of β-amino-alcohol motifs (C(OH)–C–C–N with tert-alkyl or cyclic N) is 1.